The van der Waals surface area contributed by atoms with Crippen molar-refractivity contribution in [3.8, 4) is 28.6 Å². The summed E-state index contributed by atoms with van der Waals surface area (Å²) in [6.07, 6.45) is 0. The van der Waals surface area contributed by atoms with Gasteiger partial charge in [0.15, 0.2) is 11.0 Å². The second-order valence-corrected chi connectivity index (χ2v) is 7.80. The van der Waals surface area contributed by atoms with Crippen LogP contribution in [0, 0.1) is 6.92 Å². The maximum absolute atomic E-state index is 5.45. The predicted molar refractivity (Wildman–Crippen MR) is 121 cm³/mol. The van der Waals surface area contributed by atoms with Gasteiger partial charge in [-0.2, -0.15) is 0 Å². The van der Waals surface area contributed by atoms with E-state index < -0.39 is 0 Å². The van der Waals surface area contributed by atoms with E-state index in [2.05, 4.69) is 64.2 Å². The minimum atomic E-state index is 0.710. The Kier molecular flexibility index (Phi) is 6.05. The standard InChI is InChI=1S/C24H23N3O2S/c1-17-8-7-11-20(12-17)27-23(19-13-21(28-2)15-22(14-19)29-3)25-26-24(27)30-16-18-9-5-4-6-10-18/h4-15H,16H2,1-3H3. The Morgan fingerprint density at radius 2 is 1.57 bits per heavy atom. The highest BCUT2D eigenvalue weighted by molar-refractivity contribution is 7.98. The number of benzene rings is 3. The van der Waals surface area contributed by atoms with Crippen molar-refractivity contribution in [2.24, 2.45) is 0 Å². The number of ether oxygens (including phenoxy) is 2. The number of aryl methyl sites for hydroxylation is 1. The molecule has 1 heterocycles. The fraction of sp³-hybridized carbons (Fsp3) is 0.167. The number of hydrogen-bond donors (Lipinski definition) is 0. The summed E-state index contributed by atoms with van der Waals surface area (Å²) in [5.41, 5.74) is 4.32. The number of thioether (sulfide) groups is 1. The average molecular weight is 418 g/mol. The van der Waals surface area contributed by atoms with E-state index in [1.54, 1.807) is 26.0 Å². The molecule has 6 heteroatoms. The number of hydrogen-bond acceptors (Lipinski definition) is 5. The van der Waals surface area contributed by atoms with Gasteiger partial charge in [-0.05, 0) is 42.3 Å². The minimum Gasteiger partial charge on any atom is -0.497 e. The van der Waals surface area contributed by atoms with Crippen molar-refractivity contribution < 1.29 is 9.47 Å². The summed E-state index contributed by atoms with van der Waals surface area (Å²) in [4.78, 5) is 0. The molecule has 0 bridgehead atoms. The minimum absolute atomic E-state index is 0.710. The summed E-state index contributed by atoms with van der Waals surface area (Å²) >= 11 is 1.66. The Hall–Kier alpha value is -3.25. The Labute approximate surface area is 180 Å². The second kappa shape index (κ2) is 9.05. The highest BCUT2D eigenvalue weighted by Gasteiger charge is 2.18. The van der Waals surface area contributed by atoms with Crippen LogP contribution >= 0.6 is 11.8 Å². The third kappa shape index (κ3) is 4.33. The lowest BCUT2D eigenvalue weighted by atomic mass is 10.1. The molecule has 0 aliphatic carbocycles. The molecule has 5 nitrogen and oxygen atoms in total. The Bertz CT molecular complexity index is 1120. The van der Waals surface area contributed by atoms with Gasteiger partial charge in [-0.25, -0.2) is 0 Å². The van der Waals surface area contributed by atoms with E-state index in [0.717, 1.165) is 28.0 Å². The highest BCUT2D eigenvalue weighted by atomic mass is 32.2. The van der Waals surface area contributed by atoms with Crippen molar-refractivity contribution in [1.82, 2.24) is 14.8 Å². The molecule has 0 aliphatic heterocycles. The van der Waals surface area contributed by atoms with Gasteiger partial charge in [-0.1, -0.05) is 54.2 Å². The molecule has 0 atom stereocenters. The van der Waals surface area contributed by atoms with Gasteiger partial charge in [-0.3, -0.25) is 4.57 Å². The van der Waals surface area contributed by atoms with Gasteiger partial charge in [0, 0.05) is 23.1 Å². The van der Waals surface area contributed by atoms with Crippen LogP contribution in [0.4, 0.5) is 0 Å². The first-order valence-corrected chi connectivity index (χ1v) is 10.6. The molecule has 152 valence electrons. The number of rotatable bonds is 7. The van der Waals surface area contributed by atoms with Crippen LogP contribution in [0.1, 0.15) is 11.1 Å². The molecule has 0 aliphatic rings. The van der Waals surface area contributed by atoms with Crippen LogP contribution in [0.2, 0.25) is 0 Å². The molecule has 0 N–H and O–H groups in total. The highest BCUT2D eigenvalue weighted by Crippen LogP contribution is 2.33. The maximum atomic E-state index is 5.45. The molecule has 0 saturated heterocycles. The quantitative estimate of drug-likeness (QED) is 0.369. The number of aromatic nitrogens is 3. The van der Waals surface area contributed by atoms with E-state index in [1.165, 1.54) is 11.1 Å². The van der Waals surface area contributed by atoms with Crippen molar-refractivity contribution in [2.45, 2.75) is 17.8 Å². The number of methoxy groups -OCH3 is 2. The third-order valence-electron chi connectivity index (χ3n) is 4.71. The summed E-state index contributed by atoms with van der Waals surface area (Å²) < 4.78 is 13.0. The zero-order valence-electron chi connectivity index (χ0n) is 17.2. The van der Waals surface area contributed by atoms with Crippen LogP contribution in [-0.2, 0) is 5.75 Å². The van der Waals surface area contributed by atoms with Gasteiger partial charge < -0.3 is 9.47 Å². The lowest BCUT2D eigenvalue weighted by Gasteiger charge is -2.13. The first-order valence-electron chi connectivity index (χ1n) is 9.60. The van der Waals surface area contributed by atoms with Gasteiger partial charge >= 0.3 is 0 Å². The molecule has 0 spiro atoms. The second-order valence-electron chi connectivity index (χ2n) is 6.86. The van der Waals surface area contributed by atoms with Crippen molar-refractivity contribution in [3.05, 3.63) is 83.9 Å². The van der Waals surface area contributed by atoms with Crippen LogP contribution in [-0.4, -0.2) is 29.0 Å². The van der Waals surface area contributed by atoms with E-state index >= 15 is 0 Å². The van der Waals surface area contributed by atoms with E-state index in [9.17, 15) is 0 Å². The molecule has 0 fully saturated rings. The van der Waals surface area contributed by atoms with Crippen LogP contribution in [0.25, 0.3) is 17.1 Å². The topological polar surface area (TPSA) is 49.2 Å². The summed E-state index contributed by atoms with van der Waals surface area (Å²) in [7, 11) is 3.29. The van der Waals surface area contributed by atoms with E-state index in [0.29, 0.717) is 11.5 Å². The average Bonchev–Trinajstić information content (AvgIpc) is 3.22. The molecule has 4 rings (SSSR count). The van der Waals surface area contributed by atoms with Gasteiger partial charge in [0.05, 0.1) is 14.2 Å². The molecule has 0 unspecified atom stereocenters. The van der Waals surface area contributed by atoms with Crippen molar-refractivity contribution >= 4 is 11.8 Å². The SMILES string of the molecule is COc1cc(OC)cc(-c2nnc(SCc3ccccc3)n2-c2cccc(C)c2)c1. The zero-order valence-corrected chi connectivity index (χ0v) is 18.0. The van der Waals surface area contributed by atoms with Gasteiger partial charge in [0.1, 0.15) is 11.5 Å². The largest absolute Gasteiger partial charge is 0.497 e. The van der Waals surface area contributed by atoms with E-state index in [1.807, 2.05) is 30.3 Å². The monoisotopic (exact) mass is 417 g/mol. The van der Waals surface area contributed by atoms with E-state index in [-0.39, 0.29) is 0 Å². The fourth-order valence-electron chi connectivity index (χ4n) is 3.21. The first-order chi connectivity index (χ1) is 14.7. The number of nitrogens with zero attached hydrogens (tertiary/aromatic N) is 3. The Morgan fingerprint density at radius 1 is 0.833 bits per heavy atom. The first kappa shape index (κ1) is 20.0. The van der Waals surface area contributed by atoms with Crippen molar-refractivity contribution in [1.29, 1.82) is 0 Å². The van der Waals surface area contributed by atoms with Crippen molar-refractivity contribution in [2.75, 3.05) is 14.2 Å². The van der Waals surface area contributed by atoms with Gasteiger partial charge in [0.2, 0.25) is 0 Å². The predicted octanol–water partition coefficient (Wildman–Crippen LogP) is 5.55. The van der Waals surface area contributed by atoms with E-state index in [4.69, 9.17) is 9.47 Å². The smallest absolute Gasteiger partial charge is 0.196 e. The van der Waals surface area contributed by atoms with Gasteiger partial charge in [-0.15, -0.1) is 10.2 Å². The van der Waals surface area contributed by atoms with Crippen LogP contribution in [0.3, 0.4) is 0 Å². The summed E-state index contributed by atoms with van der Waals surface area (Å²) in [5.74, 6) is 2.98. The lowest BCUT2D eigenvalue weighted by Crippen LogP contribution is -2.01. The molecule has 0 amide bonds. The molecule has 0 saturated carbocycles. The summed E-state index contributed by atoms with van der Waals surface area (Å²) in [5, 5.41) is 9.89. The summed E-state index contributed by atoms with van der Waals surface area (Å²) in [6, 6.07) is 24.5. The van der Waals surface area contributed by atoms with Crippen LogP contribution < -0.4 is 9.47 Å². The van der Waals surface area contributed by atoms with Crippen LogP contribution in [0.15, 0.2) is 78.0 Å². The maximum Gasteiger partial charge on any atom is 0.196 e. The molecule has 4 aromatic rings. The lowest BCUT2D eigenvalue weighted by molar-refractivity contribution is 0.394. The molecule has 1 aromatic heterocycles. The molecule has 30 heavy (non-hydrogen) atoms. The molecule has 0 radical (unpaired) electrons. The summed E-state index contributed by atoms with van der Waals surface area (Å²) in [6.45, 7) is 2.08. The zero-order chi connectivity index (χ0) is 20.9. The van der Waals surface area contributed by atoms with Crippen molar-refractivity contribution in [3.63, 3.8) is 0 Å². The Balaban J connectivity index is 1.80. The molecular formula is C24H23N3O2S. The molecule has 3 aromatic carbocycles. The normalized spacial score (nSPS) is 10.8. The Morgan fingerprint density at radius 3 is 2.23 bits per heavy atom. The fourth-order valence-corrected chi connectivity index (χ4v) is 4.12. The van der Waals surface area contributed by atoms with Gasteiger partial charge in [0.25, 0.3) is 0 Å². The third-order valence-corrected chi connectivity index (χ3v) is 5.71. The van der Waals surface area contributed by atoms with Crippen LogP contribution in [0.5, 0.6) is 11.5 Å². The molecular weight excluding hydrogens is 394 g/mol.